The van der Waals surface area contributed by atoms with Crippen molar-refractivity contribution in [2.24, 2.45) is 5.92 Å². The maximum atomic E-state index is 13.1. The number of carbonyl (C=O) groups excluding carboxylic acids is 2. The number of fused-ring (bicyclic) bond motifs is 3. The minimum atomic E-state index is -0.742. The van der Waals surface area contributed by atoms with Crippen LogP contribution in [-0.4, -0.2) is 63.1 Å². The molecule has 2 atom stereocenters. The third kappa shape index (κ3) is 5.96. The van der Waals surface area contributed by atoms with E-state index < -0.39 is 18.4 Å². The van der Waals surface area contributed by atoms with Gasteiger partial charge in [-0.05, 0) is 35.1 Å². The fourth-order valence-electron chi connectivity index (χ4n) is 4.34. The quantitative estimate of drug-likeness (QED) is 0.495. The van der Waals surface area contributed by atoms with E-state index in [4.69, 9.17) is 14.2 Å². The van der Waals surface area contributed by atoms with Crippen LogP contribution >= 0.6 is 0 Å². The highest BCUT2D eigenvalue weighted by atomic mass is 16.7. The number of nitrogens with zero attached hydrogens (tertiary/aromatic N) is 1. The third-order valence-corrected chi connectivity index (χ3v) is 6.48. The summed E-state index contributed by atoms with van der Waals surface area (Å²) < 4.78 is 16.2. The number of hydrogen-bond donors (Lipinski definition) is 1. The maximum absolute atomic E-state index is 13.1. The highest BCUT2D eigenvalue weighted by Gasteiger charge is 2.30. The minimum absolute atomic E-state index is 0.0322. The number of hydrogen-bond acceptors (Lipinski definition) is 5. The van der Waals surface area contributed by atoms with Gasteiger partial charge in [0.25, 0.3) is 0 Å². The first-order valence-electron chi connectivity index (χ1n) is 11.8. The molecule has 2 aromatic rings. The van der Waals surface area contributed by atoms with E-state index in [1.165, 1.54) is 11.1 Å². The van der Waals surface area contributed by atoms with Gasteiger partial charge in [0.1, 0.15) is 12.6 Å². The number of ether oxygens (including phenoxy) is 3. The highest BCUT2D eigenvalue weighted by molar-refractivity contribution is 5.85. The van der Waals surface area contributed by atoms with Gasteiger partial charge in [-0.25, -0.2) is 4.79 Å². The zero-order chi connectivity index (χ0) is 24.7. The monoisotopic (exact) mass is 468 g/mol. The zero-order valence-electron chi connectivity index (χ0n) is 20.7. The molecule has 0 fully saturated rings. The average molecular weight is 469 g/mol. The van der Waals surface area contributed by atoms with Gasteiger partial charge in [-0.1, -0.05) is 68.8 Å². The van der Waals surface area contributed by atoms with Gasteiger partial charge in [0.15, 0.2) is 6.29 Å². The van der Waals surface area contributed by atoms with Crippen LogP contribution in [0.5, 0.6) is 0 Å². The second-order valence-electron chi connectivity index (χ2n) is 8.85. The molecule has 0 heterocycles. The normalized spacial score (nSPS) is 14.3. The lowest BCUT2D eigenvalue weighted by molar-refractivity contribution is -0.147. The summed E-state index contributed by atoms with van der Waals surface area (Å²) in [5, 5.41) is 2.70. The van der Waals surface area contributed by atoms with Crippen molar-refractivity contribution in [3.8, 4) is 11.1 Å². The van der Waals surface area contributed by atoms with Crippen LogP contribution in [0.1, 0.15) is 44.2 Å². The van der Waals surface area contributed by atoms with E-state index in [-0.39, 0.29) is 25.0 Å². The van der Waals surface area contributed by atoms with Crippen LogP contribution in [0.4, 0.5) is 4.79 Å². The number of nitrogens with one attached hydrogen (secondary N) is 1. The van der Waals surface area contributed by atoms with Crippen molar-refractivity contribution in [1.82, 2.24) is 10.2 Å². The van der Waals surface area contributed by atoms with E-state index in [0.29, 0.717) is 12.5 Å². The Morgan fingerprint density at radius 1 is 0.941 bits per heavy atom. The molecule has 2 aromatic carbocycles. The molecule has 0 saturated heterocycles. The molecule has 184 valence electrons. The van der Waals surface area contributed by atoms with Gasteiger partial charge < -0.3 is 24.4 Å². The lowest BCUT2D eigenvalue weighted by Crippen LogP contribution is -2.50. The molecule has 0 aromatic heterocycles. The number of carbonyl (C=O) groups is 2. The van der Waals surface area contributed by atoms with Crippen molar-refractivity contribution >= 4 is 12.0 Å². The topological polar surface area (TPSA) is 77.1 Å². The van der Waals surface area contributed by atoms with Gasteiger partial charge >= 0.3 is 6.09 Å². The molecule has 1 N–H and O–H groups in total. The van der Waals surface area contributed by atoms with Crippen LogP contribution in [0.25, 0.3) is 11.1 Å². The first-order valence-corrected chi connectivity index (χ1v) is 11.8. The van der Waals surface area contributed by atoms with Crippen LogP contribution in [0.2, 0.25) is 0 Å². The second-order valence-corrected chi connectivity index (χ2v) is 8.85. The summed E-state index contributed by atoms with van der Waals surface area (Å²) in [6.07, 6.45) is -0.210. The Balaban J connectivity index is 1.62. The van der Waals surface area contributed by atoms with Crippen molar-refractivity contribution in [2.75, 3.05) is 33.9 Å². The molecule has 34 heavy (non-hydrogen) atoms. The predicted molar refractivity (Wildman–Crippen MR) is 132 cm³/mol. The molecule has 0 saturated carbocycles. The summed E-state index contributed by atoms with van der Waals surface area (Å²) in [6.45, 7) is 6.87. The SMILES string of the molecule is CCC(C)CN(CC(OC)OC)C(=O)[C@H](C)NC(=O)OCC1c2ccccc2-c2ccccc21. The van der Waals surface area contributed by atoms with Crippen LogP contribution < -0.4 is 5.32 Å². The number of rotatable bonds is 11. The Hall–Kier alpha value is -2.90. The molecule has 7 nitrogen and oxygen atoms in total. The number of amides is 2. The van der Waals surface area contributed by atoms with Gasteiger partial charge in [0.2, 0.25) is 5.91 Å². The van der Waals surface area contributed by atoms with Gasteiger partial charge in [0.05, 0.1) is 6.54 Å². The largest absolute Gasteiger partial charge is 0.449 e. The van der Waals surface area contributed by atoms with Crippen LogP contribution in [0.3, 0.4) is 0 Å². The fourth-order valence-corrected chi connectivity index (χ4v) is 4.34. The Kier molecular flexibility index (Phi) is 9.07. The zero-order valence-corrected chi connectivity index (χ0v) is 20.7. The number of alkyl carbamates (subject to hydrolysis) is 1. The van der Waals surface area contributed by atoms with Crippen molar-refractivity contribution in [3.63, 3.8) is 0 Å². The second kappa shape index (κ2) is 12.0. The maximum Gasteiger partial charge on any atom is 0.407 e. The van der Waals surface area contributed by atoms with E-state index in [1.807, 2.05) is 24.3 Å². The Morgan fingerprint density at radius 3 is 2.03 bits per heavy atom. The summed E-state index contributed by atoms with van der Waals surface area (Å²) in [4.78, 5) is 27.4. The molecule has 0 spiro atoms. The molecule has 0 aliphatic heterocycles. The first-order chi connectivity index (χ1) is 16.4. The summed E-state index contributed by atoms with van der Waals surface area (Å²) in [5.74, 6) is 0.0723. The summed E-state index contributed by atoms with van der Waals surface area (Å²) in [7, 11) is 3.08. The van der Waals surface area contributed by atoms with Gasteiger partial charge in [-0.3, -0.25) is 4.79 Å². The fraction of sp³-hybridized carbons (Fsp3) is 0.481. The molecule has 1 aliphatic rings. The Morgan fingerprint density at radius 2 is 1.50 bits per heavy atom. The van der Waals surface area contributed by atoms with Gasteiger partial charge in [-0.2, -0.15) is 0 Å². The van der Waals surface area contributed by atoms with Crippen molar-refractivity contribution in [3.05, 3.63) is 59.7 Å². The van der Waals surface area contributed by atoms with E-state index in [9.17, 15) is 9.59 Å². The average Bonchev–Trinajstić information content (AvgIpc) is 3.18. The minimum Gasteiger partial charge on any atom is -0.449 e. The molecular weight excluding hydrogens is 432 g/mol. The van der Waals surface area contributed by atoms with Crippen LogP contribution in [-0.2, 0) is 19.0 Å². The van der Waals surface area contributed by atoms with E-state index in [1.54, 1.807) is 26.0 Å². The van der Waals surface area contributed by atoms with Gasteiger partial charge in [-0.15, -0.1) is 0 Å². The lowest BCUT2D eigenvalue weighted by Gasteiger charge is -2.30. The summed E-state index contributed by atoms with van der Waals surface area (Å²) in [5.41, 5.74) is 4.63. The smallest absolute Gasteiger partial charge is 0.407 e. The molecule has 1 aliphatic carbocycles. The summed E-state index contributed by atoms with van der Waals surface area (Å²) in [6, 6.07) is 15.6. The lowest BCUT2D eigenvalue weighted by atomic mass is 9.98. The number of benzene rings is 2. The van der Waals surface area contributed by atoms with Crippen LogP contribution in [0, 0.1) is 5.92 Å². The van der Waals surface area contributed by atoms with Gasteiger partial charge in [0, 0.05) is 26.7 Å². The number of methoxy groups -OCH3 is 2. The molecule has 7 heteroatoms. The molecular formula is C27H36N2O5. The Labute approximate surface area is 202 Å². The van der Waals surface area contributed by atoms with Crippen molar-refractivity contribution in [2.45, 2.75) is 45.4 Å². The Bertz CT molecular complexity index is 929. The van der Waals surface area contributed by atoms with E-state index in [0.717, 1.165) is 17.5 Å². The molecule has 0 bridgehead atoms. The molecule has 2 amide bonds. The molecule has 1 unspecified atom stereocenters. The third-order valence-electron chi connectivity index (χ3n) is 6.48. The van der Waals surface area contributed by atoms with Crippen molar-refractivity contribution < 1.29 is 23.8 Å². The molecule has 3 rings (SSSR count). The van der Waals surface area contributed by atoms with E-state index in [2.05, 4.69) is 43.4 Å². The molecule has 0 radical (unpaired) electrons. The highest BCUT2D eigenvalue weighted by Crippen LogP contribution is 2.44. The van der Waals surface area contributed by atoms with Crippen LogP contribution in [0.15, 0.2) is 48.5 Å². The summed E-state index contributed by atoms with van der Waals surface area (Å²) >= 11 is 0. The first kappa shape index (κ1) is 25.7. The van der Waals surface area contributed by atoms with Crippen molar-refractivity contribution in [1.29, 1.82) is 0 Å². The predicted octanol–water partition coefficient (Wildman–Crippen LogP) is 4.41. The standard InChI is InChI=1S/C27H36N2O5/c1-6-18(2)15-29(16-25(32-4)33-5)26(30)19(3)28-27(31)34-17-24-22-13-9-7-11-20(22)21-12-8-10-14-23(21)24/h7-14,18-19,24-25H,6,15-17H2,1-5H3,(H,28,31)/t18?,19-/m0/s1. The van der Waals surface area contributed by atoms with E-state index >= 15 is 0 Å².